The number of benzene rings is 2. The molecule has 2 aromatic heterocycles. The third kappa shape index (κ3) is 4.97. The summed E-state index contributed by atoms with van der Waals surface area (Å²) in [7, 11) is 0. The SMILES string of the molecule is Nc1ncnn2c(-c3ccc(Cl)c(C(=O)N[C@@H]4CN(C(=O)c5ccccc5Cl)C[C@@H]4F)c3)cc(C(F)(F)F)c12. The number of amides is 2. The molecule has 14 heteroatoms. The zero-order valence-corrected chi connectivity index (χ0v) is 21.2. The van der Waals surface area contributed by atoms with Crippen LogP contribution in [0.3, 0.4) is 0 Å². The maximum Gasteiger partial charge on any atom is 0.418 e. The van der Waals surface area contributed by atoms with Gasteiger partial charge >= 0.3 is 6.18 Å². The Morgan fingerprint density at radius 2 is 1.74 bits per heavy atom. The van der Waals surface area contributed by atoms with Crippen molar-refractivity contribution in [1.82, 2.24) is 24.8 Å². The number of hydrogen-bond acceptors (Lipinski definition) is 5. The van der Waals surface area contributed by atoms with Gasteiger partial charge in [-0.15, -0.1) is 0 Å². The van der Waals surface area contributed by atoms with Crippen molar-refractivity contribution in [2.24, 2.45) is 0 Å². The maximum absolute atomic E-state index is 14.9. The number of carbonyl (C=O) groups excluding carboxylic acids is 2. The van der Waals surface area contributed by atoms with Crippen molar-refractivity contribution in [3.63, 3.8) is 0 Å². The number of nitrogen functional groups attached to an aromatic ring is 1. The van der Waals surface area contributed by atoms with Gasteiger partial charge in [0.2, 0.25) is 0 Å². The average molecular weight is 581 g/mol. The fourth-order valence-electron chi connectivity index (χ4n) is 4.47. The molecule has 0 bridgehead atoms. The van der Waals surface area contributed by atoms with E-state index in [0.717, 1.165) is 16.9 Å². The molecular weight excluding hydrogens is 563 g/mol. The molecule has 3 N–H and O–H groups in total. The van der Waals surface area contributed by atoms with Crippen molar-refractivity contribution in [2.75, 3.05) is 18.8 Å². The topological polar surface area (TPSA) is 106 Å². The molecule has 39 heavy (non-hydrogen) atoms. The highest BCUT2D eigenvalue weighted by Gasteiger charge is 2.38. The van der Waals surface area contributed by atoms with E-state index in [4.69, 9.17) is 28.9 Å². The van der Waals surface area contributed by atoms with Gasteiger partial charge in [-0.25, -0.2) is 13.9 Å². The number of likely N-dealkylation sites (tertiary alicyclic amines) is 1. The second-order valence-electron chi connectivity index (χ2n) is 8.83. The molecule has 2 amide bonds. The number of alkyl halides is 4. The Morgan fingerprint density at radius 1 is 1.03 bits per heavy atom. The molecule has 3 heterocycles. The third-order valence-electron chi connectivity index (χ3n) is 6.35. The van der Waals surface area contributed by atoms with E-state index in [1.54, 1.807) is 12.1 Å². The number of halogens is 6. The molecule has 2 aromatic carbocycles. The molecular formula is C25H18Cl2F4N6O2. The standard InChI is InChI=1S/C25H18Cl2F4N6O2/c26-16-4-2-1-3-13(16)24(39)36-9-18(28)19(10-36)35-23(38)14-7-12(5-6-17(14)27)20-8-15(25(29,30)31)21-22(32)33-11-34-37(20)21/h1-8,11,18-19H,9-10H2,(H,35,38)(H2,32,33,34)/t18-,19+/m0/s1. The number of nitrogens with one attached hydrogen (secondary N) is 1. The van der Waals surface area contributed by atoms with Crippen LogP contribution in [0.1, 0.15) is 26.3 Å². The Labute approximate surface area is 228 Å². The lowest BCUT2D eigenvalue weighted by atomic mass is 10.1. The summed E-state index contributed by atoms with van der Waals surface area (Å²) in [6, 6.07) is 10.1. The summed E-state index contributed by atoms with van der Waals surface area (Å²) < 4.78 is 56.9. The largest absolute Gasteiger partial charge is 0.418 e. The fraction of sp³-hybridized carbons (Fsp3) is 0.200. The van der Waals surface area contributed by atoms with Crippen LogP contribution >= 0.6 is 23.2 Å². The highest BCUT2D eigenvalue weighted by atomic mass is 35.5. The number of anilines is 1. The summed E-state index contributed by atoms with van der Waals surface area (Å²) >= 11 is 12.3. The predicted molar refractivity (Wildman–Crippen MR) is 136 cm³/mol. The number of rotatable bonds is 4. The van der Waals surface area contributed by atoms with Crippen molar-refractivity contribution < 1.29 is 27.2 Å². The first-order valence-corrected chi connectivity index (χ1v) is 12.2. The zero-order valence-electron chi connectivity index (χ0n) is 19.7. The van der Waals surface area contributed by atoms with Crippen LogP contribution in [0, 0.1) is 0 Å². The smallest absolute Gasteiger partial charge is 0.382 e. The van der Waals surface area contributed by atoms with Gasteiger partial charge in [-0.1, -0.05) is 41.4 Å². The first-order chi connectivity index (χ1) is 18.5. The van der Waals surface area contributed by atoms with Crippen molar-refractivity contribution in [2.45, 2.75) is 18.4 Å². The Bertz CT molecular complexity index is 1610. The van der Waals surface area contributed by atoms with Gasteiger partial charge in [0.05, 0.1) is 45.0 Å². The number of aromatic nitrogens is 3. The summed E-state index contributed by atoms with van der Waals surface area (Å²) in [5.74, 6) is -1.63. The van der Waals surface area contributed by atoms with Crippen LogP contribution in [0.2, 0.25) is 10.0 Å². The molecule has 5 rings (SSSR count). The Hall–Kier alpha value is -3.90. The molecule has 4 aromatic rings. The van der Waals surface area contributed by atoms with Crippen LogP contribution in [-0.4, -0.2) is 56.6 Å². The van der Waals surface area contributed by atoms with E-state index < -0.39 is 41.3 Å². The lowest BCUT2D eigenvalue weighted by Gasteiger charge is -2.18. The van der Waals surface area contributed by atoms with Crippen molar-refractivity contribution in [3.8, 4) is 11.3 Å². The van der Waals surface area contributed by atoms with Gasteiger partial charge < -0.3 is 16.0 Å². The lowest BCUT2D eigenvalue weighted by molar-refractivity contribution is -0.136. The maximum atomic E-state index is 14.9. The molecule has 0 aliphatic carbocycles. The van der Waals surface area contributed by atoms with Gasteiger partial charge in [0.15, 0.2) is 5.82 Å². The summed E-state index contributed by atoms with van der Waals surface area (Å²) in [6.07, 6.45) is -5.32. The predicted octanol–water partition coefficient (Wildman–Crippen LogP) is 4.90. The van der Waals surface area contributed by atoms with Crippen LogP contribution in [0.25, 0.3) is 16.8 Å². The molecule has 1 aliphatic rings. The molecule has 0 spiro atoms. The van der Waals surface area contributed by atoms with Gasteiger partial charge in [-0.2, -0.15) is 18.3 Å². The van der Waals surface area contributed by atoms with Crippen LogP contribution in [0.5, 0.6) is 0 Å². The Morgan fingerprint density at radius 3 is 2.46 bits per heavy atom. The van der Waals surface area contributed by atoms with Gasteiger partial charge in [0.25, 0.3) is 11.8 Å². The number of fused-ring (bicyclic) bond motifs is 1. The van der Waals surface area contributed by atoms with Gasteiger partial charge in [-0.3, -0.25) is 9.59 Å². The number of nitrogens with zero attached hydrogens (tertiary/aromatic N) is 4. The summed E-state index contributed by atoms with van der Waals surface area (Å²) in [5.41, 5.74) is 4.47. The quantitative estimate of drug-likeness (QED) is 0.334. The summed E-state index contributed by atoms with van der Waals surface area (Å²) in [4.78, 5) is 30.8. The van der Waals surface area contributed by atoms with Gasteiger partial charge in [0, 0.05) is 12.1 Å². The minimum absolute atomic E-state index is 0.0142. The van der Waals surface area contributed by atoms with E-state index in [0.29, 0.717) is 0 Å². The molecule has 1 aliphatic heterocycles. The molecule has 8 nitrogen and oxygen atoms in total. The molecule has 0 saturated carbocycles. The normalized spacial score (nSPS) is 17.5. The molecule has 0 radical (unpaired) electrons. The van der Waals surface area contributed by atoms with Crippen LogP contribution < -0.4 is 11.1 Å². The van der Waals surface area contributed by atoms with Crippen molar-refractivity contribution in [3.05, 3.63) is 81.6 Å². The van der Waals surface area contributed by atoms with Crippen LogP contribution in [-0.2, 0) is 6.18 Å². The van der Waals surface area contributed by atoms with Gasteiger partial charge in [-0.05, 0) is 30.3 Å². The summed E-state index contributed by atoms with van der Waals surface area (Å²) in [5, 5.41) is 6.63. The highest BCUT2D eigenvalue weighted by Crippen LogP contribution is 2.39. The highest BCUT2D eigenvalue weighted by molar-refractivity contribution is 6.34. The minimum atomic E-state index is -4.75. The van der Waals surface area contributed by atoms with E-state index >= 15 is 0 Å². The van der Waals surface area contributed by atoms with E-state index in [2.05, 4.69) is 15.4 Å². The zero-order chi connectivity index (χ0) is 28.1. The fourth-order valence-corrected chi connectivity index (χ4v) is 4.89. The first kappa shape index (κ1) is 26.7. The number of nitrogens with two attached hydrogens (primary N) is 1. The molecule has 1 saturated heterocycles. The molecule has 1 fully saturated rings. The number of carbonyl (C=O) groups is 2. The van der Waals surface area contributed by atoms with E-state index in [9.17, 15) is 27.2 Å². The summed E-state index contributed by atoms with van der Waals surface area (Å²) in [6.45, 7) is -0.386. The second kappa shape index (κ2) is 10.0. The third-order valence-corrected chi connectivity index (χ3v) is 7.01. The lowest BCUT2D eigenvalue weighted by Crippen LogP contribution is -2.42. The number of hydrogen-bond donors (Lipinski definition) is 2. The van der Waals surface area contributed by atoms with Crippen LogP contribution in [0.4, 0.5) is 23.4 Å². The minimum Gasteiger partial charge on any atom is -0.382 e. The van der Waals surface area contributed by atoms with Crippen molar-refractivity contribution >= 4 is 46.4 Å². The molecule has 2 atom stereocenters. The first-order valence-electron chi connectivity index (χ1n) is 11.4. The van der Waals surface area contributed by atoms with Crippen LogP contribution in [0.15, 0.2) is 54.9 Å². The molecule has 0 unspecified atom stereocenters. The van der Waals surface area contributed by atoms with E-state index in [-0.39, 0.29) is 51.3 Å². The van der Waals surface area contributed by atoms with E-state index in [1.807, 2.05) is 0 Å². The van der Waals surface area contributed by atoms with Crippen molar-refractivity contribution in [1.29, 1.82) is 0 Å². The monoisotopic (exact) mass is 580 g/mol. The second-order valence-corrected chi connectivity index (χ2v) is 9.64. The average Bonchev–Trinajstić information content (AvgIpc) is 3.46. The molecule has 202 valence electrons. The van der Waals surface area contributed by atoms with Gasteiger partial charge in [0.1, 0.15) is 18.0 Å². The Balaban J connectivity index is 1.42. The van der Waals surface area contributed by atoms with E-state index in [1.165, 1.54) is 35.2 Å². The Kier molecular flexibility index (Phi) is 6.85.